The highest BCUT2D eigenvalue weighted by molar-refractivity contribution is 6.01. The monoisotopic (exact) mass is 372 g/mol. The number of hydrogen-bond acceptors (Lipinski definition) is 7. The number of carbonyl (C=O) groups is 2. The number of ketones is 1. The Kier molecular flexibility index (Phi) is 5.21. The molecular formula is C20H20O7. The van der Waals surface area contributed by atoms with E-state index in [-0.39, 0.29) is 12.2 Å². The molecule has 0 aromatic heterocycles. The normalized spacial score (nSPS) is 15.0. The Morgan fingerprint density at radius 1 is 0.926 bits per heavy atom. The van der Waals surface area contributed by atoms with Gasteiger partial charge in [0, 0.05) is 11.1 Å². The Morgan fingerprint density at radius 2 is 1.59 bits per heavy atom. The average Bonchev–Trinajstić information content (AvgIpc) is 3.01. The first-order valence-corrected chi connectivity index (χ1v) is 8.25. The molecule has 3 rings (SSSR count). The van der Waals surface area contributed by atoms with Crippen molar-refractivity contribution in [3.63, 3.8) is 0 Å². The second-order valence-electron chi connectivity index (χ2n) is 5.86. The number of benzene rings is 2. The number of ether oxygens (including phenoxy) is 5. The molecule has 142 valence electrons. The Hall–Kier alpha value is -3.22. The van der Waals surface area contributed by atoms with E-state index in [1.807, 2.05) is 0 Å². The first kappa shape index (κ1) is 18.6. The molecule has 0 radical (unpaired) electrons. The zero-order chi connectivity index (χ0) is 19.6. The number of rotatable bonds is 7. The molecule has 2 aromatic carbocycles. The first-order valence-electron chi connectivity index (χ1n) is 8.25. The molecule has 0 spiro atoms. The van der Waals surface area contributed by atoms with Gasteiger partial charge in [-0.25, -0.2) is 4.79 Å². The predicted molar refractivity (Wildman–Crippen MR) is 96.2 cm³/mol. The van der Waals surface area contributed by atoms with E-state index in [2.05, 4.69) is 0 Å². The van der Waals surface area contributed by atoms with Crippen molar-refractivity contribution in [1.29, 1.82) is 0 Å². The molecule has 0 N–H and O–H groups in total. The molecular weight excluding hydrogens is 352 g/mol. The van der Waals surface area contributed by atoms with Crippen LogP contribution in [-0.4, -0.2) is 40.2 Å². The molecule has 1 aliphatic rings. The largest absolute Gasteiger partial charge is 0.493 e. The zero-order valence-corrected chi connectivity index (χ0v) is 15.5. The zero-order valence-electron chi connectivity index (χ0n) is 15.5. The minimum absolute atomic E-state index is 0.00368. The molecule has 0 saturated heterocycles. The summed E-state index contributed by atoms with van der Waals surface area (Å²) in [6, 6.07) is 8.32. The molecule has 0 bridgehead atoms. The maximum Gasteiger partial charge on any atom is 0.343 e. The summed E-state index contributed by atoms with van der Waals surface area (Å²) in [6.45, 7) is 0. The highest BCUT2D eigenvalue weighted by Gasteiger charge is 2.37. The van der Waals surface area contributed by atoms with Crippen molar-refractivity contribution < 1.29 is 33.3 Å². The lowest BCUT2D eigenvalue weighted by Crippen LogP contribution is -2.08. The van der Waals surface area contributed by atoms with Gasteiger partial charge in [-0.3, -0.25) is 4.79 Å². The van der Waals surface area contributed by atoms with E-state index >= 15 is 0 Å². The average molecular weight is 372 g/mol. The van der Waals surface area contributed by atoms with E-state index in [1.165, 1.54) is 28.4 Å². The van der Waals surface area contributed by atoms with Gasteiger partial charge in [0.1, 0.15) is 11.7 Å². The second kappa shape index (κ2) is 7.57. The minimum atomic E-state index is -0.687. The third-order valence-electron chi connectivity index (χ3n) is 4.45. The number of fused-ring (bicyclic) bond motifs is 1. The van der Waals surface area contributed by atoms with E-state index in [0.29, 0.717) is 39.7 Å². The van der Waals surface area contributed by atoms with Crippen LogP contribution in [0.1, 0.15) is 38.8 Å². The van der Waals surface area contributed by atoms with E-state index in [0.717, 1.165) is 0 Å². The summed E-state index contributed by atoms with van der Waals surface area (Å²) in [5.74, 6) is 1.01. The van der Waals surface area contributed by atoms with Crippen molar-refractivity contribution in [2.75, 3.05) is 28.4 Å². The van der Waals surface area contributed by atoms with Gasteiger partial charge in [0.15, 0.2) is 28.8 Å². The minimum Gasteiger partial charge on any atom is -0.493 e. The third-order valence-corrected chi connectivity index (χ3v) is 4.45. The molecule has 0 fully saturated rings. The maximum absolute atomic E-state index is 12.7. The molecule has 0 amide bonds. The standard InChI is InChI=1S/C20H20O7/c1-23-14-7-5-11(9-17(14)25-3)13(21)10-16-12-6-8-15(24-2)19(26-4)18(12)20(22)27-16/h5-9,16H,10H2,1-4H3/t16-/m1/s1. The number of Topliss-reactive ketones (excluding diaryl/α,β-unsaturated/α-hetero) is 1. The van der Waals surface area contributed by atoms with Crippen LogP contribution in [0.15, 0.2) is 30.3 Å². The highest BCUT2D eigenvalue weighted by Crippen LogP contribution is 2.43. The Bertz CT molecular complexity index is 888. The van der Waals surface area contributed by atoms with Gasteiger partial charge in [0.25, 0.3) is 0 Å². The van der Waals surface area contributed by atoms with Crippen LogP contribution >= 0.6 is 0 Å². The van der Waals surface area contributed by atoms with Gasteiger partial charge in [-0.1, -0.05) is 6.07 Å². The first-order chi connectivity index (χ1) is 13.0. The van der Waals surface area contributed by atoms with E-state index < -0.39 is 12.1 Å². The number of cyclic esters (lactones) is 1. The van der Waals surface area contributed by atoms with Crippen molar-refractivity contribution in [2.45, 2.75) is 12.5 Å². The van der Waals surface area contributed by atoms with E-state index in [4.69, 9.17) is 23.7 Å². The highest BCUT2D eigenvalue weighted by atomic mass is 16.6. The molecule has 0 aliphatic carbocycles. The molecule has 0 unspecified atom stereocenters. The van der Waals surface area contributed by atoms with E-state index in [9.17, 15) is 9.59 Å². The van der Waals surface area contributed by atoms with Gasteiger partial charge in [-0.2, -0.15) is 0 Å². The Labute approximate surface area is 156 Å². The van der Waals surface area contributed by atoms with Crippen LogP contribution < -0.4 is 18.9 Å². The summed E-state index contributed by atoms with van der Waals surface area (Å²) in [5, 5.41) is 0. The van der Waals surface area contributed by atoms with Crippen molar-refractivity contribution in [2.24, 2.45) is 0 Å². The molecule has 27 heavy (non-hydrogen) atoms. The molecule has 1 heterocycles. The van der Waals surface area contributed by atoms with Crippen LogP contribution in [0, 0.1) is 0 Å². The summed E-state index contributed by atoms with van der Waals surface area (Å²) >= 11 is 0. The molecule has 1 atom stereocenters. The van der Waals surface area contributed by atoms with Gasteiger partial charge < -0.3 is 23.7 Å². The fourth-order valence-corrected chi connectivity index (χ4v) is 3.12. The van der Waals surface area contributed by atoms with E-state index in [1.54, 1.807) is 30.3 Å². The maximum atomic E-state index is 12.7. The Morgan fingerprint density at radius 3 is 2.22 bits per heavy atom. The summed E-state index contributed by atoms with van der Waals surface area (Å²) in [7, 11) is 5.97. The number of esters is 1. The number of methoxy groups -OCH3 is 4. The lowest BCUT2D eigenvalue weighted by atomic mass is 9.97. The summed E-state index contributed by atoms with van der Waals surface area (Å²) in [5.41, 5.74) is 1.34. The van der Waals surface area contributed by atoms with Gasteiger partial charge in [-0.15, -0.1) is 0 Å². The summed E-state index contributed by atoms with van der Waals surface area (Å²) in [6.07, 6.45) is -0.683. The Balaban J connectivity index is 1.88. The van der Waals surface area contributed by atoms with Crippen LogP contribution in [0.2, 0.25) is 0 Å². The number of hydrogen-bond donors (Lipinski definition) is 0. The SMILES string of the molecule is COc1ccc(C(=O)C[C@H]2OC(=O)c3c2ccc(OC)c3OC)cc1OC. The van der Waals surface area contributed by atoms with Crippen molar-refractivity contribution in [3.05, 3.63) is 47.0 Å². The second-order valence-corrected chi connectivity index (χ2v) is 5.86. The topological polar surface area (TPSA) is 80.3 Å². The van der Waals surface area contributed by atoms with Crippen molar-refractivity contribution >= 4 is 11.8 Å². The lowest BCUT2D eigenvalue weighted by molar-refractivity contribution is 0.0365. The van der Waals surface area contributed by atoms with Crippen LogP contribution in [0.25, 0.3) is 0 Å². The molecule has 7 heteroatoms. The fourth-order valence-electron chi connectivity index (χ4n) is 3.12. The number of carbonyl (C=O) groups excluding carboxylic acids is 2. The summed E-state index contributed by atoms with van der Waals surface area (Å²) < 4.78 is 26.3. The third kappa shape index (κ3) is 3.28. The van der Waals surface area contributed by atoms with Gasteiger partial charge >= 0.3 is 5.97 Å². The summed E-state index contributed by atoms with van der Waals surface area (Å²) in [4.78, 5) is 25.0. The van der Waals surface area contributed by atoms with Gasteiger partial charge in [-0.05, 0) is 24.3 Å². The fraction of sp³-hybridized carbons (Fsp3) is 0.300. The van der Waals surface area contributed by atoms with Crippen molar-refractivity contribution in [3.8, 4) is 23.0 Å². The quantitative estimate of drug-likeness (QED) is 0.545. The van der Waals surface area contributed by atoms with Crippen LogP contribution in [0.5, 0.6) is 23.0 Å². The van der Waals surface area contributed by atoms with Crippen LogP contribution in [0.4, 0.5) is 0 Å². The van der Waals surface area contributed by atoms with Crippen molar-refractivity contribution in [1.82, 2.24) is 0 Å². The van der Waals surface area contributed by atoms with Crippen LogP contribution in [-0.2, 0) is 4.74 Å². The smallest absolute Gasteiger partial charge is 0.343 e. The molecule has 2 aromatic rings. The van der Waals surface area contributed by atoms with Gasteiger partial charge in [0.05, 0.1) is 34.9 Å². The molecule has 1 aliphatic heterocycles. The predicted octanol–water partition coefficient (Wildman–Crippen LogP) is 3.21. The molecule has 7 nitrogen and oxygen atoms in total. The van der Waals surface area contributed by atoms with Gasteiger partial charge in [0.2, 0.25) is 0 Å². The molecule has 0 saturated carbocycles. The van der Waals surface area contributed by atoms with Crippen LogP contribution in [0.3, 0.4) is 0 Å². The lowest BCUT2D eigenvalue weighted by Gasteiger charge is -2.13.